The minimum absolute atomic E-state index is 0.689. The van der Waals surface area contributed by atoms with Crippen LogP contribution in [-0.2, 0) is 6.54 Å². The number of nitrogens with zero attached hydrogens (tertiary/aromatic N) is 2. The molecule has 0 atom stereocenters. The molecule has 0 radical (unpaired) electrons. The lowest BCUT2D eigenvalue weighted by atomic mass is 10.1. The second kappa shape index (κ2) is 5.80. The lowest BCUT2D eigenvalue weighted by Gasteiger charge is -2.22. The van der Waals surface area contributed by atoms with Crippen molar-refractivity contribution in [2.45, 2.75) is 38.8 Å². The molecule has 3 heteroatoms. The van der Waals surface area contributed by atoms with Gasteiger partial charge in [-0.25, -0.2) is 4.98 Å². The van der Waals surface area contributed by atoms with Crippen LogP contribution in [0.2, 0.25) is 0 Å². The summed E-state index contributed by atoms with van der Waals surface area (Å²) in [5.41, 5.74) is 2.40. The van der Waals surface area contributed by atoms with Crippen LogP contribution < -0.4 is 10.2 Å². The third-order valence-electron chi connectivity index (χ3n) is 3.95. The largest absolute Gasteiger partial charge is 0.356 e. The van der Waals surface area contributed by atoms with Crippen LogP contribution >= 0.6 is 0 Å². The maximum Gasteiger partial charge on any atom is 0.133 e. The molecule has 0 aliphatic heterocycles. The van der Waals surface area contributed by atoms with Gasteiger partial charge >= 0.3 is 0 Å². The molecule has 1 aromatic heterocycles. The van der Waals surface area contributed by atoms with Crippen LogP contribution in [0, 0.1) is 0 Å². The summed E-state index contributed by atoms with van der Waals surface area (Å²) in [5.74, 6) is 1.15. The molecule has 106 valence electrons. The number of para-hydroxylation sites is 1. The number of pyridine rings is 1. The zero-order valence-electron chi connectivity index (χ0n) is 12.4. The Labute approximate surface area is 121 Å². The summed E-state index contributed by atoms with van der Waals surface area (Å²) >= 11 is 0. The molecule has 0 saturated heterocycles. The molecule has 1 aromatic carbocycles. The maximum absolute atomic E-state index is 4.90. The number of fused-ring (bicyclic) bond motifs is 1. The van der Waals surface area contributed by atoms with E-state index in [1.54, 1.807) is 0 Å². The Morgan fingerprint density at radius 3 is 2.85 bits per heavy atom. The Morgan fingerprint density at radius 1 is 1.30 bits per heavy atom. The van der Waals surface area contributed by atoms with Gasteiger partial charge < -0.3 is 10.2 Å². The number of benzene rings is 1. The fraction of sp³-hybridized carbons (Fsp3) is 0.471. The van der Waals surface area contributed by atoms with E-state index in [1.807, 2.05) is 0 Å². The lowest BCUT2D eigenvalue weighted by molar-refractivity contribution is 0.672. The predicted octanol–water partition coefficient (Wildman–Crippen LogP) is 3.33. The third-order valence-corrected chi connectivity index (χ3v) is 3.95. The van der Waals surface area contributed by atoms with Crippen molar-refractivity contribution in [3.05, 3.63) is 35.9 Å². The topological polar surface area (TPSA) is 28.2 Å². The van der Waals surface area contributed by atoms with Crippen LogP contribution in [0.5, 0.6) is 0 Å². The quantitative estimate of drug-likeness (QED) is 0.815. The van der Waals surface area contributed by atoms with Gasteiger partial charge in [-0.3, -0.25) is 0 Å². The normalized spacial score (nSPS) is 14.7. The van der Waals surface area contributed by atoms with Crippen molar-refractivity contribution in [3.8, 4) is 0 Å². The van der Waals surface area contributed by atoms with Gasteiger partial charge in [-0.1, -0.05) is 25.1 Å². The van der Waals surface area contributed by atoms with Crippen LogP contribution in [0.1, 0.15) is 31.7 Å². The average Bonchev–Trinajstić information content (AvgIpc) is 3.31. The van der Waals surface area contributed by atoms with Gasteiger partial charge in [-0.2, -0.15) is 0 Å². The van der Waals surface area contributed by atoms with Crippen LogP contribution in [0.15, 0.2) is 30.3 Å². The molecule has 1 heterocycles. The Morgan fingerprint density at radius 2 is 2.10 bits per heavy atom. The van der Waals surface area contributed by atoms with Crippen molar-refractivity contribution >= 4 is 16.7 Å². The molecule has 2 aromatic rings. The Kier molecular flexibility index (Phi) is 3.88. The molecule has 3 rings (SSSR count). The predicted molar refractivity (Wildman–Crippen MR) is 85.2 cm³/mol. The number of hydrogen-bond acceptors (Lipinski definition) is 3. The summed E-state index contributed by atoms with van der Waals surface area (Å²) in [7, 11) is 2.18. The smallest absolute Gasteiger partial charge is 0.133 e. The molecular formula is C17H23N3. The number of hydrogen-bond donors (Lipinski definition) is 1. The first kappa shape index (κ1) is 13.4. The maximum atomic E-state index is 4.90. The van der Waals surface area contributed by atoms with Crippen molar-refractivity contribution in [1.82, 2.24) is 10.3 Å². The van der Waals surface area contributed by atoms with E-state index in [0.717, 1.165) is 30.8 Å². The second-order valence-corrected chi connectivity index (χ2v) is 5.68. The SMILES string of the molecule is CCCNCc1cc2ccccc2nc1N(C)C1CC1. The number of nitrogens with one attached hydrogen (secondary N) is 1. The lowest BCUT2D eigenvalue weighted by Crippen LogP contribution is -2.24. The van der Waals surface area contributed by atoms with Crippen LogP contribution in [0.25, 0.3) is 10.9 Å². The monoisotopic (exact) mass is 269 g/mol. The first-order valence-corrected chi connectivity index (χ1v) is 7.62. The van der Waals surface area contributed by atoms with Gasteiger partial charge in [0.25, 0.3) is 0 Å². The molecule has 0 spiro atoms. The van der Waals surface area contributed by atoms with Gasteiger partial charge in [0, 0.05) is 30.6 Å². The summed E-state index contributed by atoms with van der Waals surface area (Å²) < 4.78 is 0. The molecule has 0 unspecified atom stereocenters. The number of rotatable bonds is 6. The van der Waals surface area contributed by atoms with Gasteiger partial charge in [0.2, 0.25) is 0 Å². The van der Waals surface area contributed by atoms with E-state index in [4.69, 9.17) is 4.98 Å². The highest BCUT2D eigenvalue weighted by molar-refractivity contribution is 5.81. The first-order valence-electron chi connectivity index (χ1n) is 7.62. The average molecular weight is 269 g/mol. The van der Waals surface area contributed by atoms with Crippen LogP contribution in [0.4, 0.5) is 5.82 Å². The van der Waals surface area contributed by atoms with Crippen molar-refractivity contribution in [2.75, 3.05) is 18.5 Å². The minimum atomic E-state index is 0.689. The summed E-state index contributed by atoms with van der Waals surface area (Å²) in [6.07, 6.45) is 3.76. The molecule has 1 saturated carbocycles. The first-order chi connectivity index (χ1) is 9.79. The Hall–Kier alpha value is -1.61. The van der Waals surface area contributed by atoms with Crippen LogP contribution in [-0.4, -0.2) is 24.6 Å². The highest BCUT2D eigenvalue weighted by Crippen LogP contribution is 2.32. The van der Waals surface area contributed by atoms with Gasteiger partial charge in [-0.15, -0.1) is 0 Å². The van der Waals surface area contributed by atoms with E-state index in [0.29, 0.717) is 6.04 Å². The molecule has 1 aliphatic carbocycles. The van der Waals surface area contributed by atoms with E-state index in [-0.39, 0.29) is 0 Å². The van der Waals surface area contributed by atoms with Gasteiger partial charge in [-0.05, 0) is 37.9 Å². The molecule has 20 heavy (non-hydrogen) atoms. The van der Waals surface area contributed by atoms with E-state index < -0.39 is 0 Å². The Bertz CT molecular complexity index is 590. The van der Waals surface area contributed by atoms with Crippen LogP contribution in [0.3, 0.4) is 0 Å². The summed E-state index contributed by atoms with van der Waals surface area (Å²) in [6, 6.07) is 11.4. The highest BCUT2D eigenvalue weighted by Gasteiger charge is 2.28. The summed E-state index contributed by atoms with van der Waals surface area (Å²) in [6.45, 7) is 4.15. The fourth-order valence-corrected chi connectivity index (χ4v) is 2.62. The molecule has 1 N–H and O–H groups in total. The highest BCUT2D eigenvalue weighted by atomic mass is 15.2. The van der Waals surface area contributed by atoms with Gasteiger partial charge in [0.1, 0.15) is 5.82 Å². The standard InChI is InChI=1S/C17H23N3/c1-3-10-18-12-14-11-13-6-4-5-7-16(13)19-17(14)20(2)15-8-9-15/h4-7,11,15,18H,3,8-10,12H2,1-2H3. The Balaban J connectivity index is 1.96. The number of anilines is 1. The third kappa shape index (κ3) is 2.78. The summed E-state index contributed by atoms with van der Waals surface area (Å²) in [5, 5.41) is 4.73. The van der Waals surface area contributed by atoms with Crippen molar-refractivity contribution in [3.63, 3.8) is 0 Å². The molecule has 1 fully saturated rings. The zero-order chi connectivity index (χ0) is 13.9. The molecule has 0 bridgehead atoms. The molecule has 3 nitrogen and oxygen atoms in total. The van der Waals surface area contributed by atoms with E-state index >= 15 is 0 Å². The van der Waals surface area contributed by atoms with Gasteiger partial charge in [0.15, 0.2) is 0 Å². The van der Waals surface area contributed by atoms with E-state index in [9.17, 15) is 0 Å². The molecule has 1 aliphatic rings. The van der Waals surface area contributed by atoms with Gasteiger partial charge in [0.05, 0.1) is 5.52 Å². The number of aromatic nitrogens is 1. The fourth-order valence-electron chi connectivity index (χ4n) is 2.62. The van der Waals surface area contributed by atoms with Crippen molar-refractivity contribution in [1.29, 1.82) is 0 Å². The van der Waals surface area contributed by atoms with Crippen molar-refractivity contribution < 1.29 is 0 Å². The van der Waals surface area contributed by atoms with E-state index in [2.05, 4.69) is 54.5 Å². The van der Waals surface area contributed by atoms with E-state index in [1.165, 1.54) is 23.8 Å². The summed E-state index contributed by atoms with van der Waals surface area (Å²) in [4.78, 5) is 7.26. The van der Waals surface area contributed by atoms with Crippen molar-refractivity contribution in [2.24, 2.45) is 0 Å². The second-order valence-electron chi connectivity index (χ2n) is 5.68. The molecular weight excluding hydrogens is 246 g/mol. The zero-order valence-corrected chi connectivity index (χ0v) is 12.4. The molecule has 0 amide bonds. The minimum Gasteiger partial charge on any atom is -0.356 e.